The van der Waals surface area contributed by atoms with Gasteiger partial charge in [-0.2, -0.15) is 0 Å². The van der Waals surface area contributed by atoms with Gasteiger partial charge in [-0.1, -0.05) is 44.7 Å². The fraction of sp³-hybridized carbons (Fsp3) is 0.484. The van der Waals surface area contributed by atoms with Crippen molar-refractivity contribution in [1.29, 1.82) is 0 Å². The fourth-order valence-corrected chi connectivity index (χ4v) is 4.94. The number of unbranched alkanes of at least 4 members (excludes halogenated alkanes) is 4. The quantitative estimate of drug-likeness (QED) is 0.142. The van der Waals surface area contributed by atoms with E-state index in [4.69, 9.17) is 23.4 Å². The molecule has 5 N–H and O–H groups in total. The van der Waals surface area contributed by atoms with Gasteiger partial charge in [-0.25, -0.2) is 4.79 Å². The van der Waals surface area contributed by atoms with Gasteiger partial charge in [0.2, 0.25) is 11.7 Å². The van der Waals surface area contributed by atoms with Gasteiger partial charge in [0.15, 0.2) is 6.10 Å². The number of rotatable bonds is 13. The number of carbonyl (C=O) groups excluding carboxylic acids is 1. The van der Waals surface area contributed by atoms with E-state index in [9.17, 15) is 35.1 Å². The SMILES string of the molecule is CCCCCCC[C@H](Oc1cc(O)c2c(=O)c(-c3ccc(O[C@@H]4O[C@@H](CO)[C@H](O)[C@@H](O)[C@@H]4O)cc3)coc2c1)C(=O)OC. The number of phenolic OH excluding ortho intramolecular Hbond substituents is 1. The molecule has 12 heteroatoms. The Balaban J connectivity index is 1.50. The van der Waals surface area contributed by atoms with Crippen LogP contribution in [0.25, 0.3) is 22.1 Å². The number of ether oxygens (including phenoxy) is 4. The first-order valence-electron chi connectivity index (χ1n) is 14.3. The number of aromatic hydroxyl groups is 1. The highest BCUT2D eigenvalue weighted by Crippen LogP contribution is 2.32. The molecule has 2 heterocycles. The average molecular weight is 603 g/mol. The molecule has 12 nitrogen and oxygen atoms in total. The van der Waals surface area contributed by atoms with E-state index >= 15 is 0 Å². The number of esters is 1. The number of phenols is 1. The van der Waals surface area contributed by atoms with Crippen LogP contribution in [0.3, 0.4) is 0 Å². The predicted molar refractivity (Wildman–Crippen MR) is 154 cm³/mol. The first-order valence-corrected chi connectivity index (χ1v) is 14.3. The molecule has 43 heavy (non-hydrogen) atoms. The summed E-state index contributed by atoms with van der Waals surface area (Å²) in [4.78, 5) is 25.7. The van der Waals surface area contributed by atoms with Crippen LogP contribution in [0.4, 0.5) is 0 Å². The zero-order valence-corrected chi connectivity index (χ0v) is 24.0. The normalized spacial score (nSPS) is 22.7. The van der Waals surface area contributed by atoms with Crippen molar-refractivity contribution in [2.75, 3.05) is 13.7 Å². The second kappa shape index (κ2) is 14.7. The molecule has 234 valence electrons. The first kappa shape index (κ1) is 32.2. The summed E-state index contributed by atoms with van der Waals surface area (Å²) in [5.41, 5.74) is 0.145. The summed E-state index contributed by atoms with van der Waals surface area (Å²) in [5, 5.41) is 50.1. The van der Waals surface area contributed by atoms with Crippen molar-refractivity contribution in [2.45, 2.75) is 82.3 Å². The molecule has 1 saturated heterocycles. The van der Waals surface area contributed by atoms with Gasteiger partial charge in [0.25, 0.3) is 0 Å². The molecular weight excluding hydrogens is 564 g/mol. The number of carbonyl (C=O) groups is 1. The van der Waals surface area contributed by atoms with Crippen LogP contribution >= 0.6 is 0 Å². The number of aliphatic hydroxyl groups excluding tert-OH is 4. The molecule has 0 unspecified atom stereocenters. The van der Waals surface area contributed by atoms with E-state index in [1.165, 1.54) is 37.6 Å². The molecule has 6 atom stereocenters. The molecule has 3 aromatic rings. The highest BCUT2D eigenvalue weighted by Gasteiger charge is 2.44. The lowest BCUT2D eigenvalue weighted by Gasteiger charge is -2.39. The van der Waals surface area contributed by atoms with E-state index in [0.29, 0.717) is 12.0 Å². The number of hydrogen-bond donors (Lipinski definition) is 5. The summed E-state index contributed by atoms with van der Waals surface area (Å²) in [6, 6.07) is 8.78. The number of hydrogen-bond acceptors (Lipinski definition) is 12. The topological polar surface area (TPSA) is 185 Å². The molecule has 2 aromatic carbocycles. The van der Waals surface area contributed by atoms with Crippen molar-refractivity contribution in [3.8, 4) is 28.4 Å². The van der Waals surface area contributed by atoms with E-state index in [-0.39, 0.29) is 33.8 Å². The summed E-state index contributed by atoms with van der Waals surface area (Å²) >= 11 is 0. The van der Waals surface area contributed by atoms with E-state index in [0.717, 1.165) is 32.1 Å². The summed E-state index contributed by atoms with van der Waals surface area (Å²) in [7, 11) is 1.28. The smallest absolute Gasteiger partial charge is 0.347 e. The van der Waals surface area contributed by atoms with Crippen molar-refractivity contribution in [3.63, 3.8) is 0 Å². The lowest BCUT2D eigenvalue weighted by Crippen LogP contribution is -2.60. The molecule has 0 aliphatic carbocycles. The second-order valence-corrected chi connectivity index (χ2v) is 10.5. The van der Waals surface area contributed by atoms with Crippen molar-refractivity contribution in [1.82, 2.24) is 0 Å². The van der Waals surface area contributed by atoms with Gasteiger partial charge in [0.05, 0.1) is 19.3 Å². The van der Waals surface area contributed by atoms with Crippen LogP contribution in [0.5, 0.6) is 17.2 Å². The minimum absolute atomic E-state index is 0.0675. The second-order valence-electron chi connectivity index (χ2n) is 10.5. The Morgan fingerprint density at radius 3 is 2.37 bits per heavy atom. The lowest BCUT2D eigenvalue weighted by molar-refractivity contribution is -0.277. The maximum Gasteiger partial charge on any atom is 0.347 e. The minimum atomic E-state index is -1.59. The summed E-state index contributed by atoms with van der Waals surface area (Å²) in [6.07, 6.45) is -1.35. The maximum absolute atomic E-state index is 13.4. The highest BCUT2D eigenvalue weighted by molar-refractivity contribution is 5.88. The number of aliphatic hydroxyl groups is 4. The maximum atomic E-state index is 13.4. The van der Waals surface area contributed by atoms with E-state index in [1.54, 1.807) is 12.1 Å². The van der Waals surface area contributed by atoms with Crippen LogP contribution in [0.1, 0.15) is 45.4 Å². The Bertz CT molecular complexity index is 1420. The van der Waals surface area contributed by atoms with Gasteiger partial charge < -0.3 is 48.9 Å². The zero-order valence-electron chi connectivity index (χ0n) is 24.0. The average Bonchev–Trinajstić information content (AvgIpc) is 3.00. The molecule has 0 saturated carbocycles. The van der Waals surface area contributed by atoms with Crippen LogP contribution in [-0.2, 0) is 14.3 Å². The molecule has 1 fully saturated rings. The van der Waals surface area contributed by atoms with Crippen LogP contribution in [0.2, 0.25) is 0 Å². The van der Waals surface area contributed by atoms with Crippen molar-refractivity contribution in [3.05, 3.63) is 52.9 Å². The lowest BCUT2D eigenvalue weighted by atomic mass is 9.99. The van der Waals surface area contributed by atoms with E-state index < -0.39 is 54.8 Å². The predicted octanol–water partition coefficient (Wildman–Crippen LogP) is 2.63. The number of fused-ring (bicyclic) bond motifs is 1. The Kier molecular flexibility index (Phi) is 11.0. The largest absolute Gasteiger partial charge is 0.507 e. The minimum Gasteiger partial charge on any atom is -0.507 e. The molecule has 1 aromatic heterocycles. The van der Waals surface area contributed by atoms with Crippen LogP contribution < -0.4 is 14.9 Å². The zero-order chi connectivity index (χ0) is 31.1. The molecule has 0 radical (unpaired) electrons. The van der Waals surface area contributed by atoms with Gasteiger partial charge in [-0.3, -0.25) is 4.79 Å². The first-order chi connectivity index (χ1) is 20.7. The van der Waals surface area contributed by atoms with Crippen LogP contribution in [0, 0.1) is 0 Å². The Hall–Kier alpha value is -3.68. The third kappa shape index (κ3) is 7.46. The van der Waals surface area contributed by atoms with Gasteiger partial charge in [0, 0.05) is 12.1 Å². The van der Waals surface area contributed by atoms with Gasteiger partial charge >= 0.3 is 5.97 Å². The number of methoxy groups -OCH3 is 1. The summed E-state index contributed by atoms with van der Waals surface area (Å²) in [5.74, 6) is -0.545. The van der Waals surface area contributed by atoms with Crippen molar-refractivity contribution >= 4 is 16.9 Å². The summed E-state index contributed by atoms with van der Waals surface area (Å²) in [6.45, 7) is 1.53. The fourth-order valence-electron chi connectivity index (χ4n) is 4.94. The van der Waals surface area contributed by atoms with Crippen molar-refractivity contribution < 1.29 is 53.7 Å². The van der Waals surface area contributed by atoms with Gasteiger partial charge in [-0.15, -0.1) is 0 Å². The Labute approximate surface area is 248 Å². The molecular formula is C31H38O12. The van der Waals surface area contributed by atoms with Gasteiger partial charge in [-0.05, 0) is 30.5 Å². The third-order valence-electron chi connectivity index (χ3n) is 7.41. The third-order valence-corrected chi connectivity index (χ3v) is 7.41. The number of benzene rings is 2. The molecule has 4 rings (SSSR count). The summed E-state index contributed by atoms with van der Waals surface area (Å²) < 4.78 is 27.4. The highest BCUT2D eigenvalue weighted by atomic mass is 16.7. The monoisotopic (exact) mass is 602 g/mol. The molecule has 1 aliphatic rings. The molecule has 0 spiro atoms. The Morgan fingerprint density at radius 2 is 1.70 bits per heavy atom. The Morgan fingerprint density at radius 1 is 0.977 bits per heavy atom. The van der Waals surface area contributed by atoms with Crippen molar-refractivity contribution in [2.24, 2.45) is 0 Å². The molecule has 1 aliphatic heterocycles. The molecule has 0 bridgehead atoms. The van der Waals surface area contributed by atoms with E-state index in [1.807, 2.05) is 0 Å². The van der Waals surface area contributed by atoms with Crippen LogP contribution in [0.15, 0.2) is 51.9 Å². The van der Waals surface area contributed by atoms with Crippen LogP contribution in [-0.4, -0.2) is 82.0 Å². The molecule has 0 amide bonds. The standard InChI is InChI=1S/C31H38O12/c1-3-4-5-6-7-8-22(30(38)39-2)41-19-13-21(33)25-23(14-19)40-16-20(26(25)34)17-9-11-18(12-10-17)42-31-29(37)28(36)27(35)24(15-32)43-31/h9-14,16,22,24,27-29,31-33,35-37H,3-8,15H2,1-2H3/t22-,24-,27-,28+,29-,31+/m0/s1. The van der Waals surface area contributed by atoms with Gasteiger partial charge in [0.1, 0.15) is 58.9 Å². The van der Waals surface area contributed by atoms with E-state index in [2.05, 4.69) is 6.92 Å².